The highest BCUT2D eigenvalue weighted by Crippen LogP contribution is 2.17. The van der Waals surface area contributed by atoms with Crippen molar-refractivity contribution >= 4 is 0 Å². The first-order chi connectivity index (χ1) is 11.6. The molecule has 0 aliphatic rings. The molecule has 0 radical (unpaired) electrons. The van der Waals surface area contributed by atoms with Gasteiger partial charge >= 0.3 is 0 Å². The van der Waals surface area contributed by atoms with Crippen molar-refractivity contribution in [1.82, 2.24) is 29.6 Å². The topological polar surface area (TPSA) is 60.6 Å². The fourth-order valence-corrected chi connectivity index (χ4v) is 2.80. The second kappa shape index (κ2) is 6.97. The third-order valence-electron chi connectivity index (χ3n) is 4.43. The van der Waals surface area contributed by atoms with Crippen LogP contribution in [-0.2, 0) is 20.0 Å². The Morgan fingerprint density at radius 3 is 2.42 bits per heavy atom. The van der Waals surface area contributed by atoms with Gasteiger partial charge in [-0.05, 0) is 31.5 Å². The second-order valence-corrected chi connectivity index (χ2v) is 5.98. The van der Waals surface area contributed by atoms with Crippen LogP contribution in [0.1, 0.15) is 42.9 Å². The highest BCUT2D eigenvalue weighted by atomic mass is 15.3. The van der Waals surface area contributed by atoms with Gasteiger partial charge in [0.25, 0.3) is 0 Å². The van der Waals surface area contributed by atoms with E-state index in [-0.39, 0.29) is 6.04 Å². The average Bonchev–Trinajstić information content (AvgIpc) is 3.18. The zero-order chi connectivity index (χ0) is 17.1. The highest BCUT2D eigenvalue weighted by molar-refractivity contribution is 5.36. The Bertz CT molecular complexity index is 799. The average molecular weight is 324 g/mol. The van der Waals surface area contributed by atoms with Crippen LogP contribution < -0.4 is 5.32 Å². The summed E-state index contributed by atoms with van der Waals surface area (Å²) in [6, 6.07) is 8.80. The summed E-state index contributed by atoms with van der Waals surface area (Å²) in [4.78, 5) is 4.27. The van der Waals surface area contributed by atoms with E-state index in [1.54, 1.807) is 0 Å². The molecule has 0 unspecified atom stereocenters. The van der Waals surface area contributed by atoms with Crippen LogP contribution >= 0.6 is 0 Å². The van der Waals surface area contributed by atoms with Gasteiger partial charge < -0.3 is 14.5 Å². The normalized spacial score (nSPS) is 12.5. The van der Waals surface area contributed by atoms with E-state index in [0.717, 1.165) is 29.6 Å². The minimum absolute atomic E-state index is 0.240. The Labute approximate surface area is 142 Å². The molecule has 2 aromatic heterocycles. The van der Waals surface area contributed by atoms with Gasteiger partial charge in [0.05, 0.1) is 6.54 Å². The Kier molecular flexibility index (Phi) is 4.76. The van der Waals surface area contributed by atoms with Crippen LogP contribution in [-0.4, -0.2) is 24.3 Å². The van der Waals surface area contributed by atoms with Crippen LogP contribution in [0.15, 0.2) is 36.7 Å². The van der Waals surface area contributed by atoms with E-state index in [9.17, 15) is 0 Å². The van der Waals surface area contributed by atoms with E-state index < -0.39 is 0 Å². The van der Waals surface area contributed by atoms with Crippen molar-refractivity contribution in [2.24, 2.45) is 7.05 Å². The van der Waals surface area contributed by atoms with Gasteiger partial charge in [0.15, 0.2) is 0 Å². The van der Waals surface area contributed by atoms with Crippen molar-refractivity contribution < 1.29 is 0 Å². The maximum atomic E-state index is 4.27. The van der Waals surface area contributed by atoms with E-state index in [0.29, 0.717) is 6.54 Å². The van der Waals surface area contributed by atoms with Gasteiger partial charge in [-0.2, -0.15) is 0 Å². The molecule has 0 fully saturated rings. The smallest absolute Gasteiger partial charge is 0.146 e. The van der Waals surface area contributed by atoms with Crippen LogP contribution in [0, 0.1) is 6.92 Å². The van der Waals surface area contributed by atoms with Crippen LogP contribution in [0.3, 0.4) is 0 Å². The predicted molar refractivity (Wildman–Crippen MR) is 93.9 cm³/mol. The molecule has 0 aliphatic heterocycles. The Morgan fingerprint density at radius 2 is 1.83 bits per heavy atom. The third-order valence-corrected chi connectivity index (χ3v) is 4.43. The summed E-state index contributed by atoms with van der Waals surface area (Å²) in [6.07, 6.45) is 4.69. The summed E-state index contributed by atoms with van der Waals surface area (Å²) in [5.41, 5.74) is 2.37. The molecule has 1 atom stereocenters. The third kappa shape index (κ3) is 3.23. The number of benzene rings is 1. The monoisotopic (exact) mass is 324 g/mol. The molecule has 24 heavy (non-hydrogen) atoms. The Balaban J connectivity index is 1.66. The van der Waals surface area contributed by atoms with Gasteiger partial charge in [-0.3, -0.25) is 0 Å². The molecule has 0 saturated heterocycles. The molecular formula is C18H24N6. The van der Waals surface area contributed by atoms with Gasteiger partial charge in [-0.1, -0.05) is 19.1 Å². The van der Waals surface area contributed by atoms with Crippen molar-refractivity contribution in [3.05, 3.63) is 59.7 Å². The van der Waals surface area contributed by atoms with Crippen LogP contribution in [0.4, 0.5) is 0 Å². The Morgan fingerprint density at radius 1 is 1.12 bits per heavy atom. The van der Waals surface area contributed by atoms with Gasteiger partial charge in [0.1, 0.15) is 17.5 Å². The van der Waals surface area contributed by atoms with Crippen LogP contribution in [0.5, 0.6) is 0 Å². The van der Waals surface area contributed by atoms with E-state index in [1.165, 1.54) is 5.56 Å². The second-order valence-electron chi connectivity index (χ2n) is 5.98. The number of aromatic nitrogens is 5. The maximum Gasteiger partial charge on any atom is 0.146 e. The standard InChI is InChI=1S/C18H24N6/c1-5-17-21-22-18(23(17)4)12-20-13(2)15-6-8-16(9-7-15)24-11-10-19-14(24)3/h6-11,13,20H,5,12H2,1-4H3/t13-/m0/s1. The number of nitrogens with zero attached hydrogens (tertiary/aromatic N) is 5. The largest absolute Gasteiger partial charge is 0.317 e. The lowest BCUT2D eigenvalue weighted by Crippen LogP contribution is -2.20. The number of imidazole rings is 1. The fraction of sp³-hybridized carbons (Fsp3) is 0.389. The quantitative estimate of drug-likeness (QED) is 0.757. The van der Waals surface area contributed by atoms with Crippen molar-refractivity contribution in [3.63, 3.8) is 0 Å². The molecule has 6 nitrogen and oxygen atoms in total. The van der Waals surface area contributed by atoms with E-state index >= 15 is 0 Å². The van der Waals surface area contributed by atoms with Gasteiger partial charge in [-0.15, -0.1) is 10.2 Å². The number of hydrogen-bond donors (Lipinski definition) is 1. The minimum Gasteiger partial charge on any atom is -0.317 e. The molecule has 0 amide bonds. The minimum atomic E-state index is 0.240. The van der Waals surface area contributed by atoms with Gasteiger partial charge in [-0.25, -0.2) is 4.98 Å². The summed E-state index contributed by atoms with van der Waals surface area (Å²) in [5.74, 6) is 2.96. The van der Waals surface area contributed by atoms with E-state index in [1.807, 2.05) is 26.4 Å². The lowest BCUT2D eigenvalue weighted by Gasteiger charge is -2.15. The Hall–Kier alpha value is -2.47. The highest BCUT2D eigenvalue weighted by Gasteiger charge is 2.10. The van der Waals surface area contributed by atoms with E-state index in [4.69, 9.17) is 0 Å². The molecule has 3 aromatic rings. The molecule has 6 heteroatoms. The van der Waals surface area contributed by atoms with Crippen molar-refractivity contribution in [2.75, 3.05) is 0 Å². The number of hydrogen-bond acceptors (Lipinski definition) is 4. The number of nitrogens with one attached hydrogen (secondary N) is 1. The lowest BCUT2D eigenvalue weighted by molar-refractivity contribution is 0.546. The van der Waals surface area contributed by atoms with Crippen LogP contribution in [0.25, 0.3) is 5.69 Å². The number of rotatable bonds is 6. The molecule has 2 heterocycles. The molecule has 0 saturated carbocycles. The summed E-state index contributed by atoms with van der Waals surface area (Å²) < 4.78 is 4.14. The zero-order valence-electron chi connectivity index (χ0n) is 14.7. The zero-order valence-corrected chi connectivity index (χ0v) is 14.7. The molecule has 0 aliphatic carbocycles. The maximum absolute atomic E-state index is 4.27. The van der Waals surface area contributed by atoms with Crippen molar-refractivity contribution in [1.29, 1.82) is 0 Å². The van der Waals surface area contributed by atoms with Crippen LogP contribution in [0.2, 0.25) is 0 Å². The predicted octanol–water partition coefficient (Wildman–Crippen LogP) is 2.72. The van der Waals surface area contributed by atoms with Crippen molar-refractivity contribution in [3.8, 4) is 5.69 Å². The van der Waals surface area contributed by atoms with Crippen molar-refractivity contribution in [2.45, 2.75) is 39.8 Å². The SMILES string of the molecule is CCc1nnc(CN[C@@H](C)c2ccc(-n3ccnc3C)cc2)n1C. The van der Waals surface area contributed by atoms with Gasteiger partial charge in [0.2, 0.25) is 0 Å². The molecule has 3 rings (SSSR count). The molecule has 126 valence electrons. The molecule has 0 bridgehead atoms. The summed E-state index contributed by atoms with van der Waals surface area (Å²) in [7, 11) is 2.02. The summed E-state index contributed by atoms with van der Waals surface area (Å²) in [6.45, 7) is 6.96. The van der Waals surface area contributed by atoms with E-state index in [2.05, 4.69) is 67.7 Å². The molecule has 0 spiro atoms. The molecule has 1 aromatic carbocycles. The molecule has 1 N–H and O–H groups in total. The lowest BCUT2D eigenvalue weighted by atomic mass is 10.1. The molecular weight excluding hydrogens is 300 g/mol. The fourth-order valence-electron chi connectivity index (χ4n) is 2.80. The van der Waals surface area contributed by atoms with Gasteiger partial charge in [0, 0.05) is 37.6 Å². The first-order valence-electron chi connectivity index (χ1n) is 8.31. The number of aryl methyl sites for hydroxylation is 2. The first kappa shape index (κ1) is 16.4. The first-order valence-corrected chi connectivity index (χ1v) is 8.31. The summed E-state index contributed by atoms with van der Waals surface area (Å²) in [5, 5.41) is 12.0. The summed E-state index contributed by atoms with van der Waals surface area (Å²) >= 11 is 0.